The van der Waals surface area contributed by atoms with E-state index in [0.29, 0.717) is 12.8 Å². The second kappa shape index (κ2) is 17.2. The summed E-state index contributed by atoms with van der Waals surface area (Å²) in [6, 6.07) is -3.92. The Morgan fingerprint density at radius 3 is 2.22 bits per heavy atom. The van der Waals surface area contributed by atoms with Crippen LogP contribution >= 0.6 is 0 Å². The molecule has 5 amide bonds. The van der Waals surface area contributed by atoms with Crippen LogP contribution < -0.4 is 21.3 Å². The lowest BCUT2D eigenvalue weighted by molar-refractivity contribution is -0.146. The second-order valence-corrected chi connectivity index (χ2v) is 15.4. The molecule has 4 N–H and O–H groups in total. The number of carbonyl (C=O) groups excluding carboxylic acids is 6. The third-order valence-electron chi connectivity index (χ3n) is 9.78. The van der Waals surface area contributed by atoms with Crippen LogP contribution in [0.15, 0.2) is 30.2 Å². The SMILES string of the molecule is CCCC(NC(=O)[C@@H]1[C@@H](C=C(C)C)CCN1C(=O)[C@@H](NC(=O)[C@@H](NC(=O)c1cnccn1)C1CCCCC1)C(C)(C)C)C(=O)C(=O)NC1CC1. The number of hydrogen-bond donors (Lipinski definition) is 4. The number of nitrogens with one attached hydrogen (secondary N) is 4. The van der Waals surface area contributed by atoms with Crippen molar-refractivity contribution in [2.45, 2.75) is 136 Å². The number of hydrogen-bond acceptors (Lipinski definition) is 8. The molecule has 1 aliphatic heterocycles. The van der Waals surface area contributed by atoms with Gasteiger partial charge in [-0.3, -0.25) is 33.8 Å². The molecule has 0 radical (unpaired) electrons. The smallest absolute Gasteiger partial charge is 0.289 e. The lowest BCUT2D eigenvalue weighted by Gasteiger charge is -2.38. The molecule has 2 aliphatic carbocycles. The van der Waals surface area contributed by atoms with Crippen molar-refractivity contribution in [2.24, 2.45) is 17.3 Å². The van der Waals surface area contributed by atoms with E-state index in [1.165, 1.54) is 23.5 Å². The van der Waals surface area contributed by atoms with Crippen molar-refractivity contribution in [1.82, 2.24) is 36.1 Å². The largest absolute Gasteiger partial charge is 0.347 e. The molecular formula is C37H55N7O6. The molecule has 13 heteroatoms. The molecule has 1 saturated heterocycles. The predicted octanol–water partition coefficient (Wildman–Crippen LogP) is 3.00. The van der Waals surface area contributed by atoms with Crippen LogP contribution in [-0.2, 0) is 24.0 Å². The lowest BCUT2D eigenvalue weighted by atomic mass is 9.82. The lowest BCUT2D eigenvalue weighted by Crippen LogP contribution is -2.62. The first kappa shape index (κ1) is 38.6. The fourth-order valence-electron chi connectivity index (χ4n) is 7.00. The van der Waals surface area contributed by atoms with E-state index in [9.17, 15) is 28.8 Å². The van der Waals surface area contributed by atoms with Crippen LogP contribution in [0.3, 0.4) is 0 Å². The van der Waals surface area contributed by atoms with E-state index in [4.69, 9.17) is 0 Å². The Balaban J connectivity index is 1.58. The van der Waals surface area contributed by atoms with Crippen LogP contribution in [0.25, 0.3) is 0 Å². The highest BCUT2D eigenvalue weighted by molar-refractivity contribution is 6.38. The van der Waals surface area contributed by atoms with Gasteiger partial charge in [-0.15, -0.1) is 0 Å². The van der Waals surface area contributed by atoms with Crippen LogP contribution in [0.1, 0.15) is 116 Å². The molecule has 3 aliphatic rings. The van der Waals surface area contributed by atoms with Crippen molar-refractivity contribution in [3.05, 3.63) is 35.9 Å². The number of ketones is 1. The van der Waals surface area contributed by atoms with E-state index in [1.807, 2.05) is 47.6 Å². The van der Waals surface area contributed by atoms with Gasteiger partial charge < -0.3 is 26.2 Å². The van der Waals surface area contributed by atoms with Gasteiger partial charge >= 0.3 is 0 Å². The minimum Gasteiger partial charge on any atom is -0.347 e. The summed E-state index contributed by atoms with van der Waals surface area (Å²) in [5, 5.41) is 11.4. The van der Waals surface area contributed by atoms with Gasteiger partial charge in [0.05, 0.1) is 12.2 Å². The molecule has 0 bridgehead atoms. The average molecular weight is 694 g/mol. The third kappa shape index (κ3) is 10.2. The highest BCUT2D eigenvalue weighted by atomic mass is 16.2. The fraction of sp³-hybridized carbons (Fsp3) is 0.676. The van der Waals surface area contributed by atoms with Gasteiger partial charge in [0.1, 0.15) is 23.8 Å². The fourth-order valence-corrected chi connectivity index (χ4v) is 7.00. The maximum absolute atomic E-state index is 14.6. The van der Waals surface area contributed by atoms with Crippen LogP contribution in [0.2, 0.25) is 0 Å². The number of Topliss-reactive ketones (excluding diaryl/α,β-unsaturated/α-hetero) is 1. The van der Waals surface area contributed by atoms with Crippen LogP contribution in [0, 0.1) is 17.3 Å². The summed E-state index contributed by atoms with van der Waals surface area (Å²) in [4.78, 5) is 91.4. The first-order valence-corrected chi connectivity index (χ1v) is 18.2. The zero-order valence-electron chi connectivity index (χ0n) is 30.4. The van der Waals surface area contributed by atoms with Gasteiger partial charge in [0.25, 0.3) is 11.8 Å². The standard InChI is InChI=1S/C37H55N7O6/c1-7-11-26(30(45)35(49)40-25-14-15-25)41-34(48)29-24(20-22(2)3)16-19-44(29)36(50)31(37(4,5)6)43-33(47)28(23-12-9-8-10-13-23)42-32(46)27-21-38-17-18-39-27/h17-18,20-21,23-26,28-29,31H,7-16,19H2,1-6H3,(H,40,49)(H,41,48)(H,42,46)(H,43,47)/t24-,26?,28+,29+,31-/m1/s1. The van der Waals surface area contributed by atoms with Gasteiger partial charge in [-0.05, 0) is 63.7 Å². The quantitative estimate of drug-likeness (QED) is 0.170. The zero-order valence-corrected chi connectivity index (χ0v) is 30.4. The highest BCUT2D eigenvalue weighted by Crippen LogP contribution is 2.32. The first-order chi connectivity index (χ1) is 23.7. The Hall–Kier alpha value is -4.16. The normalized spacial score (nSPS) is 21.3. The van der Waals surface area contributed by atoms with E-state index in [-0.39, 0.29) is 36.5 Å². The molecule has 0 aromatic carbocycles. The number of rotatable bonds is 14. The summed E-state index contributed by atoms with van der Waals surface area (Å²) >= 11 is 0. The Kier molecular flexibility index (Phi) is 13.3. The van der Waals surface area contributed by atoms with Crippen molar-refractivity contribution < 1.29 is 28.8 Å². The van der Waals surface area contributed by atoms with Crippen LogP contribution in [0.5, 0.6) is 0 Å². The molecule has 3 fully saturated rings. The molecule has 1 aromatic heterocycles. The van der Waals surface area contributed by atoms with Gasteiger partial charge in [0.15, 0.2) is 0 Å². The van der Waals surface area contributed by atoms with Crippen molar-refractivity contribution in [3.63, 3.8) is 0 Å². The predicted molar refractivity (Wildman–Crippen MR) is 187 cm³/mol. The summed E-state index contributed by atoms with van der Waals surface area (Å²) in [5.41, 5.74) is 0.295. The molecule has 13 nitrogen and oxygen atoms in total. The van der Waals surface area contributed by atoms with Crippen LogP contribution in [0.4, 0.5) is 0 Å². The van der Waals surface area contributed by atoms with Gasteiger partial charge in [-0.25, -0.2) is 4.98 Å². The summed E-state index contributed by atoms with van der Waals surface area (Å²) in [5.74, 6) is -3.80. The average Bonchev–Trinajstić information content (AvgIpc) is 3.80. The molecule has 2 heterocycles. The van der Waals surface area contributed by atoms with Crippen molar-refractivity contribution >= 4 is 35.3 Å². The van der Waals surface area contributed by atoms with Gasteiger partial charge in [-0.1, -0.05) is 65.0 Å². The number of allylic oxidation sites excluding steroid dienone is 1. The maximum Gasteiger partial charge on any atom is 0.289 e. The van der Waals surface area contributed by atoms with Crippen molar-refractivity contribution in [1.29, 1.82) is 0 Å². The Morgan fingerprint density at radius 2 is 1.64 bits per heavy atom. The summed E-state index contributed by atoms with van der Waals surface area (Å²) in [7, 11) is 0. The Morgan fingerprint density at radius 1 is 0.940 bits per heavy atom. The molecule has 1 unspecified atom stereocenters. The number of amides is 5. The highest BCUT2D eigenvalue weighted by Gasteiger charge is 2.47. The van der Waals surface area contributed by atoms with Gasteiger partial charge in [-0.2, -0.15) is 0 Å². The van der Waals surface area contributed by atoms with E-state index in [2.05, 4.69) is 31.2 Å². The molecular weight excluding hydrogens is 638 g/mol. The van der Waals surface area contributed by atoms with Gasteiger partial charge in [0.2, 0.25) is 23.5 Å². The van der Waals surface area contributed by atoms with Crippen molar-refractivity contribution in [3.8, 4) is 0 Å². The molecule has 5 atom stereocenters. The van der Waals surface area contributed by atoms with E-state index in [1.54, 1.807) is 0 Å². The van der Waals surface area contributed by atoms with E-state index in [0.717, 1.165) is 50.5 Å². The maximum atomic E-state index is 14.6. The Labute approximate surface area is 295 Å². The summed E-state index contributed by atoms with van der Waals surface area (Å²) in [6.07, 6.45) is 13.6. The third-order valence-corrected chi connectivity index (χ3v) is 9.78. The minimum atomic E-state index is -1.03. The molecule has 4 rings (SSSR count). The summed E-state index contributed by atoms with van der Waals surface area (Å²) < 4.78 is 0. The Bertz CT molecular complexity index is 1430. The topological polar surface area (TPSA) is 180 Å². The van der Waals surface area contributed by atoms with Crippen LogP contribution in [-0.4, -0.2) is 86.9 Å². The number of carbonyl (C=O) groups is 6. The van der Waals surface area contributed by atoms with Gasteiger partial charge in [0, 0.05) is 30.9 Å². The number of likely N-dealkylation sites (tertiary alicyclic amines) is 1. The second-order valence-electron chi connectivity index (χ2n) is 15.4. The van der Waals surface area contributed by atoms with Crippen molar-refractivity contribution in [2.75, 3.05) is 6.54 Å². The number of nitrogens with zero attached hydrogens (tertiary/aromatic N) is 3. The zero-order chi connectivity index (χ0) is 36.6. The molecule has 2 saturated carbocycles. The molecule has 50 heavy (non-hydrogen) atoms. The van der Waals surface area contributed by atoms with E-state index >= 15 is 0 Å². The van der Waals surface area contributed by atoms with E-state index < -0.39 is 64.9 Å². The minimum absolute atomic E-state index is 0.00277. The number of aromatic nitrogens is 2. The first-order valence-electron chi connectivity index (χ1n) is 18.2. The molecule has 0 spiro atoms. The monoisotopic (exact) mass is 693 g/mol. The molecule has 274 valence electrons. The molecule has 1 aromatic rings. The summed E-state index contributed by atoms with van der Waals surface area (Å²) in [6.45, 7) is 11.5.